The summed E-state index contributed by atoms with van der Waals surface area (Å²) in [4.78, 5) is 11.4. The number of carboxylic acids is 1. The van der Waals surface area contributed by atoms with E-state index in [1.165, 1.54) is 5.56 Å². The molecule has 3 N–H and O–H groups in total. The number of carboxylic acid groups (broad SMARTS) is 1. The summed E-state index contributed by atoms with van der Waals surface area (Å²) in [7, 11) is 0. The van der Waals surface area contributed by atoms with E-state index in [9.17, 15) is 15.0 Å². The lowest BCUT2D eigenvalue weighted by Gasteiger charge is -2.20. The Hall–Kier alpha value is -3.15. The monoisotopic (exact) mass is 433 g/mol. The van der Waals surface area contributed by atoms with Crippen molar-refractivity contribution in [2.24, 2.45) is 0 Å². The molecule has 0 saturated carbocycles. The van der Waals surface area contributed by atoms with E-state index in [-0.39, 0.29) is 11.6 Å². The topological polar surface area (TPSA) is 78.8 Å². The lowest BCUT2D eigenvalue weighted by atomic mass is 10.0. The minimum absolute atomic E-state index is 0.0500. The zero-order chi connectivity index (χ0) is 22.9. The molecule has 0 amide bonds. The third-order valence-corrected chi connectivity index (χ3v) is 5.46. The number of aromatic carboxylic acids is 1. The van der Waals surface area contributed by atoms with Crippen molar-refractivity contribution in [3.05, 3.63) is 89.5 Å². The van der Waals surface area contributed by atoms with Crippen LogP contribution in [0.25, 0.3) is 11.1 Å². The van der Waals surface area contributed by atoms with Crippen molar-refractivity contribution in [1.82, 2.24) is 5.32 Å². The van der Waals surface area contributed by atoms with E-state index >= 15 is 0 Å². The quantitative estimate of drug-likeness (QED) is 0.392. The largest absolute Gasteiger partial charge is 0.493 e. The summed E-state index contributed by atoms with van der Waals surface area (Å²) in [5.74, 6) is -0.590. The van der Waals surface area contributed by atoms with Gasteiger partial charge in [0.2, 0.25) is 0 Å². The Morgan fingerprint density at radius 2 is 1.69 bits per heavy atom. The molecule has 5 heteroatoms. The molecule has 0 bridgehead atoms. The van der Waals surface area contributed by atoms with Crippen LogP contribution in [0.2, 0.25) is 0 Å². The van der Waals surface area contributed by atoms with Gasteiger partial charge < -0.3 is 20.3 Å². The number of carbonyl (C=O) groups is 1. The summed E-state index contributed by atoms with van der Waals surface area (Å²) in [6.45, 7) is 5.21. The van der Waals surface area contributed by atoms with E-state index in [0.717, 1.165) is 36.1 Å². The third-order valence-electron chi connectivity index (χ3n) is 5.46. The molecule has 0 aromatic heterocycles. The molecule has 0 aliphatic rings. The Kier molecular flexibility index (Phi) is 8.42. The number of aliphatic hydroxyl groups is 1. The molecular weight excluding hydrogens is 402 g/mol. The van der Waals surface area contributed by atoms with Gasteiger partial charge in [-0.3, -0.25) is 0 Å². The summed E-state index contributed by atoms with van der Waals surface area (Å²) < 4.78 is 5.65. The molecule has 0 heterocycles. The van der Waals surface area contributed by atoms with E-state index in [1.807, 2.05) is 62.4 Å². The molecule has 0 aliphatic heterocycles. The maximum atomic E-state index is 11.4. The van der Waals surface area contributed by atoms with E-state index in [0.29, 0.717) is 12.4 Å². The first-order chi connectivity index (χ1) is 15.5. The van der Waals surface area contributed by atoms with Crippen LogP contribution in [0.1, 0.15) is 47.9 Å². The molecule has 3 rings (SSSR count). The summed E-state index contributed by atoms with van der Waals surface area (Å²) in [5.41, 5.74) is 4.20. The van der Waals surface area contributed by atoms with Crippen molar-refractivity contribution in [2.45, 2.75) is 38.8 Å². The smallest absolute Gasteiger partial charge is 0.339 e. The fourth-order valence-corrected chi connectivity index (χ4v) is 3.57. The fraction of sp³-hybridized carbons (Fsp3) is 0.296. The van der Waals surface area contributed by atoms with E-state index < -0.39 is 12.1 Å². The highest BCUT2D eigenvalue weighted by atomic mass is 16.5. The molecule has 3 aromatic carbocycles. The van der Waals surface area contributed by atoms with Crippen LogP contribution < -0.4 is 10.1 Å². The van der Waals surface area contributed by atoms with E-state index in [4.69, 9.17) is 4.74 Å². The maximum absolute atomic E-state index is 11.4. The zero-order valence-corrected chi connectivity index (χ0v) is 18.6. The van der Waals surface area contributed by atoms with Gasteiger partial charge in [0.25, 0.3) is 0 Å². The van der Waals surface area contributed by atoms with Crippen LogP contribution in [0, 0.1) is 0 Å². The van der Waals surface area contributed by atoms with Crippen LogP contribution >= 0.6 is 0 Å². The lowest BCUT2D eigenvalue weighted by molar-refractivity contribution is 0.0692. The zero-order valence-electron chi connectivity index (χ0n) is 18.6. The summed E-state index contributed by atoms with van der Waals surface area (Å²) in [5, 5.41) is 23.2. The van der Waals surface area contributed by atoms with Crippen LogP contribution in [0.4, 0.5) is 0 Å². The molecule has 3 aromatic rings. The second-order valence-corrected chi connectivity index (χ2v) is 7.91. The first kappa shape index (κ1) is 23.5. The molecular formula is C27H31NO4. The van der Waals surface area contributed by atoms with Crippen LogP contribution in [0.3, 0.4) is 0 Å². The van der Waals surface area contributed by atoms with E-state index in [1.54, 1.807) is 12.1 Å². The van der Waals surface area contributed by atoms with Crippen molar-refractivity contribution in [1.29, 1.82) is 0 Å². The van der Waals surface area contributed by atoms with Gasteiger partial charge in [-0.05, 0) is 60.7 Å². The Labute approximate surface area is 189 Å². The Balaban J connectivity index is 1.59. The van der Waals surface area contributed by atoms with Crippen molar-refractivity contribution in [3.63, 3.8) is 0 Å². The van der Waals surface area contributed by atoms with Gasteiger partial charge in [-0.15, -0.1) is 0 Å². The maximum Gasteiger partial charge on any atom is 0.339 e. The van der Waals surface area contributed by atoms with Crippen LogP contribution in [0.5, 0.6) is 5.75 Å². The van der Waals surface area contributed by atoms with Gasteiger partial charge in [-0.25, -0.2) is 4.79 Å². The minimum atomic E-state index is -0.989. The predicted octanol–water partition coefficient (Wildman–Crippen LogP) is 5.09. The number of nitrogens with one attached hydrogen (secondary N) is 1. The number of ether oxygens (including phenoxy) is 1. The average Bonchev–Trinajstić information content (AvgIpc) is 2.82. The summed E-state index contributed by atoms with van der Waals surface area (Å²) in [6, 6.07) is 23.1. The van der Waals surface area contributed by atoms with Crippen molar-refractivity contribution in [3.8, 4) is 16.9 Å². The standard InChI is InChI=1S/C27H31NO4/c1-3-17-32-25-18-23(13-14-24(25)27(30)31)21-11-9-20(10-12-21)15-16-28-19(2)26(29)22-7-5-4-6-8-22/h4-14,18-19,26,28-29H,3,15-17H2,1-2H3,(H,30,31)/t19-,26+/m0/s1. The van der Waals surface area contributed by atoms with Crippen molar-refractivity contribution in [2.75, 3.05) is 13.2 Å². The molecule has 0 spiro atoms. The second-order valence-electron chi connectivity index (χ2n) is 7.91. The van der Waals surface area contributed by atoms with Gasteiger partial charge in [0.15, 0.2) is 0 Å². The summed E-state index contributed by atoms with van der Waals surface area (Å²) in [6.07, 6.45) is 1.11. The van der Waals surface area contributed by atoms with Gasteiger partial charge in [-0.1, -0.05) is 67.6 Å². The number of hydrogen-bond acceptors (Lipinski definition) is 4. The average molecular weight is 434 g/mol. The molecule has 0 unspecified atom stereocenters. The molecule has 32 heavy (non-hydrogen) atoms. The van der Waals surface area contributed by atoms with Crippen LogP contribution in [-0.2, 0) is 6.42 Å². The SMILES string of the molecule is CCCOc1cc(-c2ccc(CCN[C@@H](C)[C@@H](O)c3ccccc3)cc2)ccc1C(=O)O. The van der Waals surface area contributed by atoms with E-state index in [2.05, 4.69) is 17.4 Å². The Morgan fingerprint density at radius 3 is 2.34 bits per heavy atom. The number of hydrogen-bond donors (Lipinski definition) is 3. The van der Waals surface area contributed by atoms with Crippen LogP contribution in [-0.4, -0.2) is 35.4 Å². The lowest BCUT2D eigenvalue weighted by Crippen LogP contribution is -2.33. The first-order valence-corrected chi connectivity index (χ1v) is 11.1. The predicted molar refractivity (Wildman–Crippen MR) is 127 cm³/mol. The number of rotatable bonds is 11. The second kappa shape index (κ2) is 11.5. The molecule has 0 aliphatic carbocycles. The minimum Gasteiger partial charge on any atom is -0.493 e. The highest BCUT2D eigenvalue weighted by Gasteiger charge is 2.15. The highest BCUT2D eigenvalue weighted by Crippen LogP contribution is 2.28. The van der Waals surface area contributed by atoms with Gasteiger partial charge >= 0.3 is 5.97 Å². The first-order valence-electron chi connectivity index (χ1n) is 11.1. The highest BCUT2D eigenvalue weighted by molar-refractivity contribution is 5.92. The molecule has 0 saturated heterocycles. The molecule has 0 radical (unpaired) electrons. The van der Waals surface area contributed by atoms with Crippen LogP contribution in [0.15, 0.2) is 72.8 Å². The van der Waals surface area contributed by atoms with Gasteiger partial charge in [-0.2, -0.15) is 0 Å². The Bertz CT molecular complexity index is 1000. The third kappa shape index (κ3) is 6.19. The summed E-state index contributed by atoms with van der Waals surface area (Å²) >= 11 is 0. The molecule has 168 valence electrons. The van der Waals surface area contributed by atoms with Gasteiger partial charge in [0.1, 0.15) is 11.3 Å². The molecule has 0 fully saturated rings. The van der Waals surface area contributed by atoms with Gasteiger partial charge in [0, 0.05) is 6.04 Å². The number of aliphatic hydroxyl groups excluding tert-OH is 1. The molecule has 5 nitrogen and oxygen atoms in total. The van der Waals surface area contributed by atoms with Crippen molar-refractivity contribution < 1.29 is 19.7 Å². The normalized spacial score (nSPS) is 12.8. The van der Waals surface area contributed by atoms with Gasteiger partial charge in [0.05, 0.1) is 12.7 Å². The van der Waals surface area contributed by atoms with Crippen molar-refractivity contribution >= 4 is 5.97 Å². The Morgan fingerprint density at radius 1 is 1.00 bits per heavy atom. The number of benzene rings is 3. The molecule has 2 atom stereocenters. The fourth-order valence-electron chi connectivity index (χ4n) is 3.57.